The zero-order valence-electron chi connectivity index (χ0n) is 13.1. The molecule has 0 aromatic heterocycles. The van der Waals surface area contributed by atoms with Gasteiger partial charge in [0.2, 0.25) is 0 Å². The molecule has 0 rings (SSSR count). The minimum absolute atomic E-state index is 0.223. The number of carboxylic acid groups (broad SMARTS) is 1. The number of hydrogen-bond acceptors (Lipinski definition) is 2. The van der Waals surface area contributed by atoms with Gasteiger partial charge in [0.25, 0.3) is 0 Å². The highest BCUT2D eigenvalue weighted by atomic mass is 16.4. The van der Waals surface area contributed by atoms with Crippen molar-refractivity contribution in [1.82, 2.24) is 0 Å². The maximum Gasteiger partial charge on any atom is 0.327 e. The Morgan fingerprint density at radius 2 is 1.55 bits per heavy atom. The van der Waals surface area contributed by atoms with Gasteiger partial charge in [0.1, 0.15) is 5.78 Å². The number of Topliss-reactive ketones (excluding diaryl/α,β-unsaturated/α-hetero) is 1. The van der Waals surface area contributed by atoms with Crippen LogP contribution < -0.4 is 0 Å². The molecule has 0 spiro atoms. The topological polar surface area (TPSA) is 54.4 Å². The Bertz CT molecular complexity index is 440. The van der Waals surface area contributed by atoms with E-state index in [0.717, 1.165) is 31.8 Å². The van der Waals surface area contributed by atoms with Crippen LogP contribution in [0, 0.1) is 0 Å². The predicted molar refractivity (Wildman–Crippen MR) is 91.7 cm³/mol. The number of carbonyl (C=O) groups excluding carboxylic acids is 1. The number of ketones is 1. The van der Waals surface area contributed by atoms with Gasteiger partial charge in [-0.15, -0.1) is 0 Å². The first kappa shape index (κ1) is 19.8. The molecule has 0 fully saturated rings. The van der Waals surface area contributed by atoms with Crippen LogP contribution in [0.4, 0.5) is 0 Å². The summed E-state index contributed by atoms with van der Waals surface area (Å²) in [7, 11) is 0. The maximum absolute atomic E-state index is 11.6. The van der Waals surface area contributed by atoms with Crippen molar-refractivity contribution < 1.29 is 14.7 Å². The van der Waals surface area contributed by atoms with Crippen LogP contribution in [0.15, 0.2) is 61.3 Å². The third kappa shape index (κ3) is 15.9. The van der Waals surface area contributed by atoms with Crippen molar-refractivity contribution in [2.45, 2.75) is 44.9 Å². The van der Waals surface area contributed by atoms with E-state index in [2.05, 4.69) is 18.7 Å². The summed E-state index contributed by atoms with van der Waals surface area (Å²) in [6.45, 7) is 3.60. The van der Waals surface area contributed by atoms with Crippen LogP contribution in [0.1, 0.15) is 44.9 Å². The van der Waals surface area contributed by atoms with Crippen molar-refractivity contribution in [3.05, 3.63) is 61.3 Å². The summed E-state index contributed by atoms with van der Waals surface area (Å²) in [5.74, 6) is -0.702. The smallest absolute Gasteiger partial charge is 0.327 e. The number of unbranched alkanes of at least 4 members (excludes halogenated alkanes) is 3. The van der Waals surface area contributed by atoms with E-state index in [9.17, 15) is 9.59 Å². The number of allylic oxidation sites excluding steroid dienone is 8. The molecular weight excluding hydrogens is 276 g/mol. The Morgan fingerprint density at radius 3 is 2.23 bits per heavy atom. The largest absolute Gasteiger partial charge is 0.478 e. The third-order valence-corrected chi connectivity index (χ3v) is 2.84. The van der Waals surface area contributed by atoms with Crippen LogP contribution in [0.3, 0.4) is 0 Å². The van der Waals surface area contributed by atoms with E-state index >= 15 is 0 Å². The summed E-state index contributed by atoms with van der Waals surface area (Å²) in [6.07, 6.45) is 21.7. The second kappa shape index (κ2) is 15.2. The number of aliphatic carboxylic acids is 1. The lowest BCUT2D eigenvalue weighted by atomic mass is 10.1. The lowest BCUT2D eigenvalue weighted by Gasteiger charge is -1.96. The minimum atomic E-state index is -0.925. The zero-order valence-corrected chi connectivity index (χ0v) is 13.1. The molecule has 120 valence electrons. The fourth-order valence-corrected chi connectivity index (χ4v) is 1.71. The molecule has 0 heterocycles. The molecule has 22 heavy (non-hydrogen) atoms. The van der Waals surface area contributed by atoms with Gasteiger partial charge in [0, 0.05) is 18.9 Å². The fraction of sp³-hybridized carbons (Fsp3) is 0.368. The highest BCUT2D eigenvalue weighted by Gasteiger charge is 1.98. The van der Waals surface area contributed by atoms with Gasteiger partial charge in [-0.2, -0.15) is 0 Å². The normalized spacial score (nSPS) is 12.0. The summed E-state index contributed by atoms with van der Waals surface area (Å²) in [5, 5.41) is 8.41. The van der Waals surface area contributed by atoms with Crippen LogP contribution in [-0.4, -0.2) is 16.9 Å². The summed E-state index contributed by atoms with van der Waals surface area (Å²) in [5.41, 5.74) is 0. The summed E-state index contributed by atoms with van der Waals surface area (Å²) in [4.78, 5) is 21.8. The Labute approximate surface area is 133 Å². The molecule has 0 aliphatic heterocycles. The molecule has 0 bridgehead atoms. The van der Waals surface area contributed by atoms with Gasteiger partial charge in [-0.05, 0) is 32.1 Å². The van der Waals surface area contributed by atoms with Gasteiger partial charge in [-0.3, -0.25) is 4.79 Å². The van der Waals surface area contributed by atoms with Crippen molar-refractivity contribution in [2.24, 2.45) is 0 Å². The molecule has 0 radical (unpaired) electrons. The van der Waals surface area contributed by atoms with Gasteiger partial charge >= 0.3 is 5.97 Å². The molecule has 0 unspecified atom stereocenters. The molecule has 0 saturated heterocycles. The Kier molecular flexibility index (Phi) is 13.7. The molecule has 1 N–H and O–H groups in total. The molecule has 3 nitrogen and oxygen atoms in total. The van der Waals surface area contributed by atoms with Crippen molar-refractivity contribution in [1.29, 1.82) is 0 Å². The van der Waals surface area contributed by atoms with Gasteiger partial charge < -0.3 is 5.11 Å². The van der Waals surface area contributed by atoms with Crippen molar-refractivity contribution in [3.63, 3.8) is 0 Å². The Morgan fingerprint density at radius 1 is 0.864 bits per heavy atom. The quantitative estimate of drug-likeness (QED) is 0.302. The van der Waals surface area contributed by atoms with Crippen molar-refractivity contribution >= 4 is 11.8 Å². The van der Waals surface area contributed by atoms with E-state index in [-0.39, 0.29) is 5.78 Å². The monoisotopic (exact) mass is 302 g/mol. The molecule has 3 heteroatoms. The Hall–Kier alpha value is -2.16. The fourth-order valence-electron chi connectivity index (χ4n) is 1.71. The average molecular weight is 302 g/mol. The lowest BCUT2D eigenvalue weighted by Crippen LogP contribution is -1.95. The molecule has 0 aliphatic carbocycles. The van der Waals surface area contributed by atoms with E-state index in [1.54, 1.807) is 12.2 Å². The molecule has 0 aliphatic rings. The first-order chi connectivity index (χ1) is 10.7. The van der Waals surface area contributed by atoms with Crippen LogP contribution in [-0.2, 0) is 9.59 Å². The third-order valence-electron chi connectivity index (χ3n) is 2.84. The van der Waals surface area contributed by atoms with Crippen LogP contribution >= 0.6 is 0 Å². The van der Waals surface area contributed by atoms with Crippen molar-refractivity contribution in [2.75, 3.05) is 0 Å². The first-order valence-corrected chi connectivity index (χ1v) is 7.67. The number of carbonyl (C=O) groups is 2. The average Bonchev–Trinajstić information content (AvgIpc) is 2.48. The van der Waals surface area contributed by atoms with Gasteiger partial charge in [0.15, 0.2) is 0 Å². The summed E-state index contributed by atoms with van der Waals surface area (Å²) in [6, 6.07) is 0. The molecule has 0 aromatic rings. The SMILES string of the molecule is C=CC=CCCC=CC=CCC(=O)CCCCC=CC(=O)O. The first-order valence-electron chi connectivity index (χ1n) is 7.67. The number of hydrogen-bond donors (Lipinski definition) is 1. The standard InChI is InChI=1S/C19H26O3/c1-2-3-4-5-6-7-8-9-12-15-18(20)16-13-10-11-14-17-19(21)22/h2-4,7-9,12,14,17H,1,5-6,10-11,13,15-16H2,(H,21,22). The van der Waals surface area contributed by atoms with E-state index in [4.69, 9.17) is 5.11 Å². The highest BCUT2D eigenvalue weighted by molar-refractivity contribution is 5.80. The molecular formula is C19H26O3. The number of rotatable bonds is 13. The van der Waals surface area contributed by atoms with E-state index in [1.807, 2.05) is 24.3 Å². The van der Waals surface area contributed by atoms with Crippen LogP contribution in [0.2, 0.25) is 0 Å². The zero-order chi connectivity index (χ0) is 16.5. The molecule has 0 atom stereocenters. The highest BCUT2D eigenvalue weighted by Crippen LogP contribution is 2.04. The maximum atomic E-state index is 11.6. The molecule has 0 saturated carbocycles. The van der Waals surface area contributed by atoms with E-state index in [0.29, 0.717) is 19.3 Å². The lowest BCUT2D eigenvalue weighted by molar-refractivity contribution is -0.131. The Balaban J connectivity index is 3.57. The van der Waals surface area contributed by atoms with E-state index < -0.39 is 5.97 Å². The second-order valence-electron chi connectivity index (χ2n) is 4.83. The molecule has 0 amide bonds. The van der Waals surface area contributed by atoms with Crippen molar-refractivity contribution in [3.8, 4) is 0 Å². The minimum Gasteiger partial charge on any atom is -0.478 e. The van der Waals surface area contributed by atoms with Gasteiger partial charge in [-0.25, -0.2) is 4.79 Å². The number of carboxylic acids is 1. The van der Waals surface area contributed by atoms with E-state index in [1.165, 1.54) is 0 Å². The van der Waals surface area contributed by atoms with Gasteiger partial charge in [-0.1, -0.05) is 55.2 Å². The summed E-state index contributed by atoms with van der Waals surface area (Å²) < 4.78 is 0. The summed E-state index contributed by atoms with van der Waals surface area (Å²) >= 11 is 0. The van der Waals surface area contributed by atoms with Crippen LogP contribution in [0.5, 0.6) is 0 Å². The molecule has 0 aromatic carbocycles. The van der Waals surface area contributed by atoms with Gasteiger partial charge in [0.05, 0.1) is 0 Å². The van der Waals surface area contributed by atoms with Crippen LogP contribution in [0.25, 0.3) is 0 Å². The second-order valence-corrected chi connectivity index (χ2v) is 4.83. The predicted octanol–water partition coefficient (Wildman–Crippen LogP) is 4.78.